The predicted molar refractivity (Wildman–Crippen MR) is 60.6 cm³/mol. The summed E-state index contributed by atoms with van der Waals surface area (Å²) >= 11 is 0. The molecule has 1 N–H and O–H groups in total. The molecule has 90 valence electrons. The van der Waals surface area contributed by atoms with Gasteiger partial charge in [-0.15, -0.1) is 0 Å². The summed E-state index contributed by atoms with van der Waals surface area (Å²) in [6, 6.07) is 4.40. The Labute approximate surface area is 98.2 Å². The Morgan fingerprint density at radius 3 is 3.00 bits per heavy atom. The fourth-order valence-electron chi connectivity index (χ4n) is 1.18. The number of nitrogens with zero attached hydrogens (tertiary/aromatic N) is 3. The van der Waals surface area contributed by atoms with Crippen molar-refractivity contribution < 1.29 is 9.66 Å². The Morgan fingerprint density at radius 2 is 2.41 bits per heavy atom. The van der Waals surface area contributed by atoms with Crippen LogP contribution in [0.4, 0.5) is 11.5 Å². The van der Waals surface area contributed by atoms with Crippen molar-refractivity contribution in [2.24, 2.45) is 0 Å². The zero-order chi connectivity index (χ0) is 12.7. The first-order valence-corrected chi connectivity index (χ1v) is 5.06. The van der Waals surface area contributed by atoms with Crippen molar-refractivity contribution in [3.05, 3.63) is 27.9 Å². The third-order valence-corrected chi connectivity index (χ3v) is 1.93. The molecule has 1 aromatic heterocycles. The molecule has 1 heterocycles. The average molecular weight is 236 g/mol. The van der Waals surface area contributed by atoms with Gasteiger partial charge >= 0.3 is 5.69 Å². The lowest BCUT2D eigenvalue weighted by molar-refractivity contribution is -0.384. The fraction of sp³-hybridized carbons (Fsp3) is 0.400. The van der Waals surface area contributed by atoms with Crippen LogP contribution in [0.3, 0.4) is 0 Å². The van der Waals surface area contributed by atoms with Gasteiger partial charge in [0.05, 0.1) is 11.5 Å². The van der Waals surface area contributed by atoms with Gasteiger partial charge in [0.25, 0.3) is 0 Å². The van der Waals surface area contributed by atoms with E-state index in [-0.39, 0.29) is 17.2 Å². The van der Waals surface area contributed by atoms with Gasteiger partial charge in [0.1, 0.15) is 11.8 Å². The quantitative estimate of drug-likeness (QED) is 0.454. The number of anilines is 1. The molecule has 0 bridgehead atoms. The van der Waals surface area contributed by atoms with Crippen LogP contribution in [0.1, 0.15) is 12.6 Å². The highest BCUT2D eigenvalue weighted by molar-refractivity contribution is 5.57. The summed E-state index contributed by atoms with van der Waals surface area (Å²) in [6.45, 7) is 3.26. The van der Waals surface area contributed by atoms with Gasteiger partial charge in [-0.2, -0.15) is 5.26 Å². The molecule has 0 spiro atoms. The first kappa shape index (κ1) is 12.9. The van der Waals surface area contributed by atoms with E-state index in [1.165, 1.54) is 12.1 Å². The maximum atomic E-state index is 10.7. The molecule has 0 unspecified atom stereocenters. The molecule has 0 saturated heterocycles. The first-order chi connectivity index (χ1) is 8.19. The van der Waals surface area contributed by atoms with Gasteiger partial charge in [-0.25, -0.2) is 4.98 Å². The summed E-state index contributed by atoms with van der Waals surface area (Å²) in [6.07, 6.45) is 0. The molecule has 0 amide bonds. The summed E-state index contributed by atoms with van der Waals surface area (Å²) in [5.74, 6) is 0.0914. The van der Waals surface area contributed by atoms with E-state index in [4.69, 9.17) is 10.00 Å². The molecular weight excluding hydrogens is 224 g/mol. The van der Waals surface area contributed by atoms with Crippen LogP contribution >= 0.6 is 0 Å². The largest absolute Gasteiger partial charge is 0.380 e. The number of ether oxygens (including phenoxy) is 1. The third-order valence-electron chi connectivity index (χ3n) is 1.93. The maximum absolute atomic E-state index is 10.7. The number of hydrogen-bond donors (Lipinski definition) is 1. The molecule has 0 aliphatic heterocycles. The minimum Gasteiger partial charge on any atom is -0.380 e. The average Bonchev–Trinajstić information content (AvgIpc) is 2.34. The van der Waals surface area contributed by atoms with E-state index in [0.717, 1.165) is 0 Å². The SMILES string of the molecule is CCOCCNc1nc(C#N)ccc1[N+](=O)[O-]. The van der Waals surface area contributed by atoms with E-state index in [0.29, 0.717) is 19.8 Å². The number of nitro groups is 1. The molecule has 0 saturated carbocycles. The van der Waals surface area contributed by atoms with Crippen LogP contribution in [0.25, 0.3) is 0 Å². The number of pyridine rings is 1. The van der Waals surface area contributed by atoms with Crippen LogP contribution in [-0.4, -0.2) is 29.7 Å². The molecule has 7 heteroatoms. The minimum absolute atomic E-state index is 0.0914. The van der Waals surface area contributed by atoms with E-state index >= 15 is 0 Å². The van der Waals surface area contributed by atoms with Crippen LogP contribution in [0.2, 0.25) is 0 Å². The number of aromatic nitrogens is 1. The molecule has 0 atom stereocenters. The Bertz CT molecular complexity index is 442. The molecule has 0 fully saturated rings. The van der Waals surface area contributed by atoms with Crippen LogP contribution in [-0.2, 0) is 4.74 Å². The third kappa shape index (κ3) is 3.70. The molecule has 17 heavy (non-hydrogen) atoms. The summed E-state index contributed by atoms with van der Waals surface area (Å²) in [5.41, 5.74) is -0.0185. The second-order valence-corrected chi connectivity index (χ2v) is 3.06. The van der Waals surface area contributed by atoms with Gasteiger partial charge in [-0.05, 0) is 13.0 Å². The Kier molecular flexibility index (Phi) is 4.84. The first-order valence-electron chi connectivity index (χ1n) is 5.06. The standard InChI is InChI=1S/C10H12N4O3/c1-2-17-6-5-12-10-9(14(15)16)4-3-8(7-11)13-10/h3-4H,2,5-6H2,1H3,(H,12,13). The molecule has 7 nitrogen and oxygen atoms in total. The van der Waals surface area contributed by atoms with E-state index in [1.54, 1.807) is 0 Å². The molecule has 0 aromatic carbocycles. The van der Waals surface area contributed by atoms with Gasteiger partial charge < -0.3 is 10.1 Å². The van der Waals surface area contributed by atoms with Crippen molar-refractivity contribution in [2.45, 2.75) is 6.92 Å². The normalized spacial score (nSPS) is 9.65. The second kappa shape index (κ2) is 6.40. The van der Waals surface area contributed by atoms with Crippen LogP contribution in [0.5, 0.6) is 0 Å². The summed E-state index contributed by atoms with van der Waals surface area (Å²) in [4.78, 5) is 14.0. The lowest BCUT2D eigenvalue weighted by atomic mass is 10.3. The van der Waals surface area contributed by atoms with Crippen molar-refractivity contribution >= 4 is 11.5 Å². The van der Waals surface area contributed by atoms with Crippen molar-refractivity contribution in [1.82, 2.24) is 4.98 Å². The molecule has 0 aliphatic carbocycles. The van der Waals surface area contributed by atoms with Gasteiger partial charge in [0.15, 0.2) is 0 Å². The monoisotopic (exact) mass is 236 g/mol. The zero-order valence-electron chi connectivity index (χ0n) is 9.34. The summed E-state index contributed by atoms with van der Waals surface area (Å²) < 4.78 is 5.09. The van der Waals surface area contributed by atoms with Gasteiger partial charge in [-0.1, -0.05) is 0 Å². The van der Waals surface area contributed by atoms with Crippen LogP contribution in [0, 0.1) is 21.4 Å². The Hall–Kier alpha value is -2.20. The summed E-state index contributed by atoms with van der Waals surface area (Å²) in [5, 5.41) is 22.2. The predicted octanol–water partition coefficient (Wildman–Crippen LogP) is 1.31. The molecule has 1 rings (SSSR count). The van der Waals surface area contributed by atoms with Crippen LogP contribution < -0.4 is 5.32 Å². The van der Waals surface area contributed by atoms with Crippen LogP contribution in [0.15, 0.2) is 12.1 Å². The van der Waals surface area contributed by atoms with Crippen molar-refractivity contribution in [3.63, 3.8) is 0 Å². The molecule has 0 aliphatic rings. The molecule has 1 aromatic rings. The fourth-order valence-corrected chi connectivity index (χ4v) is 1.18. The highest BCUT2D eigenvalue weighted by atomic mass is 16.6. The van der Waals surface area contributed by atoms with Crippen molar-refractivity contribution in [1.29, 1.82) is 5.26 Å². The second-order valence-electron chi connectivity index (χ2n) is 3.06. The van der Waals surface area contributed by atoms with E-state index in [1.807, 2.05) is 13.0 Å². The number of hydrogen-bond acceptors (Lipinski definition) is 6. The number of nitrogens with one attached hydrogen (secondary N) is 1. The van der Waals surface area contributed by atoms with E-state index in [9.17, 15) is 10.1 Å². The van der Waals surface area contributed by atoms with Crippen molar-refractivity contribution in [3.8, 4) is 6.07 Å². The topological polar surface area (TPSA) is 101 Å². The zero-order valence-corrected chi connectivity index (χ0v) is 9.34. The lowest BCUT2D eigenvalue weighted by Gasteiger charge is -2.06. The number of nitriles is 1. The van der Waals surface area contributed by atoms with Gasteiger partial charge in [0.2, 0.25) is 5.82 Å². The smallest absolute Gasteiger partial charge is 0.311 e. The minimum atomic E-state index is -0.544. The van der Waals surface area contributed by atoms with E-state index in [2.05, 4.69) is 10.3 Å². The number of rotatable bonds is 6. The highest BCUT2D eigenvalue weighted by Gasteiger charge is 2.15. The van der Waals surface area contributed by atoms with E-state index < -0.39 is 4.92 Å². The maximum Gasteiger partial charge on any atom is 0.311 e. The molecular formula is C10H12N4O3. The Morgan fingerprint density at radius 1 is 1.65 bits per heavy atom. The van der Waals surface area contributed by atoms with Gasteiger partial charge in [-0.3, -0.25) is 10.1 Å². The molecule has 0 radical (unpaired) electrons. The van der Waals surface area contributed by atoms with Gasteiger partial charge in [0, 0.05) is 19.2 Å². The summed E-state index contributed by atoms with van der Waals surface area (Å²) in [7, 11) is 0. The van der Waals surface area contributed by atoms with Crippen molar-refractivity contribution in [2.75, 3.05) is 25.1 Å². The Balaban J connectivity index is 2.79. The lowest BCUT2D eigenvalue weighted by Crippen LogP contribution is -2.12. The highest BCUT2D eigenvalue weighted by Crippen LogP contribution is 2.21.